The van der Waals surface area contributed by atoms with Gasteiger partial charge in [-0.3, -0.25) is 4.79 Å². The van der Waals surface area contributed by atoms with E-state index in [2.05, 4.69) is 56.2 Å². The lowest BCUT2D eigenvalue weighted by atomic mass is 9.98. The molecule has 3 nitrogen and oxygen atoms in total. The molecule has 0 saturated heterocycles. The van der Waals surface area contributed by atoms with E-state index in [1.807, 2.05) is 12.1 Å². The van der Waals surface area contributed by atoms with Crippen molar-refractivity contribution in [2.45, 2.75) is 57.8 Å². The van der Waals surface area contributed by atoms with Crippen LogP contribution >= 0.6 is 31.9 Å². The van der Waals surface area contributed by atoms with Gasteiger partial charge in [0.1, 0.15) is 0 Å². The van der Waals surface area contributed by atoms with Crippen molar-refractivity contribution in [3.8, 4) is 0 Å². The van der Waals surface area contributed by atoms with Crippen LogP contribution in [0.4, 0.5) is 13.2 Å². The Hall–Kier alpha value is -2.16. The lowest BCUT2D eigenvalue weighted by Crippen LogP contribution is -2.23. The molecule has 3 rings (SSSR count). The Bertz CT molecular complexity index is 1140. The van der Waals surface area contributed by atoms with Crippen molar-refractivity contribution >= 4 is 37.8 Å². The number of carbonyl (C=O) groups is 1. The van der Waals surface area contributed by atoms with Gasteiger partial charge < -0.3 is 5.32 Å². The first-order valence-electron chi connectivity index (χ1n) is 11.8. The molecule has 3 aromatic rings. The number of hydrogen-bond acceptors (Lipinski definition) is 1. The number of hydrogen-bond donors (Lipinski definition) is 1. The fourth-order valence-electron chi connectivity index (χ4n) is 3.84. The van der Waals surface area contributed by atoms with Crippen LogP contribution in [-0.2, 0) is 25.6 Å². The van der Waals surface area contributed by atoms with Gasteiger partial charge in [0.2, 0.25) is 0 Å². The minimum atomic E-state index is -4.41. The fraction of sp³-hybridized carbons (Fsp3) is 0.321. The molecular formula is C28H28Br2F3N2O. The lowest BCUT2D eigenvalue weighted by Gasteiger charge is -2.16. The third-order valence-electron chi connectivity index (χ3n) is 6.00. The highest BCUT2D eigenvalue weighted by Gasteiger charge is 2.30. The lowest BCUT2D eigenvalue weighted by molar-refractivity contribution is -0.137. The predicted molar refractivity (Wildman–Crippen MR) is 144 cm³/mol. The molecule has 8 heteroatoms. The average Bonchev–Trinajstić information content (AvgIpc) is 2.85. The molecular weight excluding hydrogens is 597 g/mol. The monoisotopic (exact) mass is 623 g/mol. The van der Waals surface area contributed by atoms with Gasteiger partial charge in [-0.2, -0.15) is 13.2 Å². The maximum absolute atomic E-state index is 12.8. The Morgan fingerprint density at radius 3 is 2.08 bits per heavy atom. The van der Waals surface area contributed by atoms with Crippen LogP contribution in [0.5, 0.6) is 0 Å². The van der Waals surface area contributed by atoms with Crippen LogP contribution in [0, 0.1) is 0 Å². The van der Waals surface area contributed by atoms with Crippen LogP contribution in [0.25, 0.3) is 0 Å². The van der Waals surface area contributed by atoms with E-state index in [0.717, 1.165) is 29.7 Å². The molecule has 1 radical (unpaired) electrons. The minimum absolute atomic E-state index is 0.222. The van der Waals surface area contributed by atoms with E-state index >= 15 is 0 Å². The fourth-order valence-corrected chi connectivity index (χ4v) is 5.35. The van der Waals surface area contributed by atoms with Gasteiger partial charge in [-0.15, -0.1) is 0 Å². The van der Waals surface area contributed by atoms with Gasteiger partial charge in [-0.1, -0.05) is 88.0 Å². The Morgan fingerprint density at radius 1 is 0.944 bits per heavy atom. The molecule has 1 atom stereocenters. The predicted octanol–water partition coefficient (Wildman–Crippen LogP) is 8.46. The molecule has 2 N–H and O–H groups in total. The van der Waals surface area contributed by atoms with Crippen LogP contribution in [-0.4, -0.2) is 5.91 Å². The molecule has 191 valence electrons. The van der Waals surface area contributed by atoms with Gasteiger partial charge in [0.05, 0.1) is 11.6 Å². The molecule has 0 aliphatic carbocycles. The highest BCUT2D eigenvalue weighted by atomic mass is 79.9. The van der Waals surface area contributed by atoms with E-state index in [9.17, 15) is 18.0 Å². The largest absolute Gasteiger partial charge is 0.416 e. The number of aryl methyl sites for hydroxylation is 1. The highest BCUT2D eigenvalue weighted by Crippen LogP contribution is 2.33. The maximum Gasteiger partial charge on any atom is 0.416 e. The van der Waals surface area contributed by atoms with Crippen molar-refractivity contribution in [1.82, 2.24) is 11.1 Å². The summed E-state index contributed by atoms with van der Waals surface area (Å²) in [4.78, 5) is 12.7. The summed E-state index contributed by atoms with van der Waals surface area (Å²) in [5.41, 5.74) is 11.7. The van der Waals surface area contributed by atoms with Crippen LogP contribution in [0.15, 0.2) is 69.6 Å². The number of halogens is 5. The topological polar surface area (TPSA) is 52.9 Å². The van der Waals surface area contributed by atoms with Crippen molar-refractivity contribution in [3.63, 3.8) is 0 Å². The Balaban J connectivity index is 1.61. The molecule has 0 bridgehead atoms. The molecule has 0 heterocycles. The smallest absolute Gasteiger partial charge is 0.348 e. The van der Waals surface area contributed by atoms with E-state index in [1.54, 1.807) is 12.1 Å². The number of amides is 1. The Kier molecular flexibility index (Phi) is 10.2. The summed E-state index contributed by atoms with van der Waals surface area (Å²) in [7, 11) is 0. The van der Waals surface area contributed by atoms with Crippen LogP contribution in [0.3, 0.4) is 0 Å². The van der Waals surface area contributed by atoms with Gasteiger partial charge in [0, 0.05) is 21.1 Å². The second-order valence-electron chi connectivity index (χ2n) is 8.75. The van der Waals surface area contributed by atoms with Crippen molar-refractivity contribution in [2.75, 3.05) is 0 Å². The second kappa shape index (κ2) is 12.9. The van der Waals surface area contributed by atoms with Gasteiger partial charge in [0.15, 0.2) is 0 Å². The number of benzene rings is 3. The van der Waals surface area contributed by atoms with Gasteiger partial charge >= 0.3 is 6.18 Å². The first kappa shape index (κ1) is 28.4. The number of unbranched alkanes of at least 4 members (excludes halogenated alkanes) is 2. The maximum atomic E-state index is 12.8. The molecule has 1 amide bonds. The number of carbonyl (C=O) groups excluding carboxylic acids is 1. The van der Waals surface area contributed by atoms with Gasteiger partial charge in [0.25, 0.3) is 5.91 Å². The van der Waals surface area contributed by atoms with E-state index in [1.165, 1.54) is 37.0 Å². The molecule has 0 aromatic heterocycles. The zero-order chi connectivity index (χ0) is 26.3. The van der Waals surface area contributed by atoms with Crippen molar-refractivity contribution in [1.29, 1.82) is 0 Å². The summed E-state index contributed by atoms with van der Waals surface area (Å²) in [6, 6.07) is 15.6. The molecule has 1 unspecified atom stereocenters. The van der Waals surface area contributed by atoms with Crippen LogP contribution in [0.2, 0.25) is 0 Å². The zero-order valence-corrected chi connectivity index (χ0v) is 23.1. The number of nitrogens with one attached hydrogen (secondary N) is 2. The summed E-state index contributed by atoms with van der Waals surface area (Å²) in [6.07, 6.45) is 0.513. The highest BCUT2D eigenvalue weighted by molar-refractivity contribution is 9.11. The van der Waals surface area contributed by atoms with Crippen molar-refractivity contribution in [3.05, 3.63) is 103 Å². The van der Waals surface area contributed by atoms with Crippen LogP contribution in [0.1, 0.15) is 70.4 Å². The summed E-state index contributed by atoms with van der Waals surface area (Å²) in [6.45, 7) is 2.60. The Morgan fingerprint density at radius 2 is 1.53 bits per heavy atom. The zero-order valence-electron chi connectivity index (χ0n) is 19.9. The third-order valence-corrected chi connectivity index (χ3v) is 7.41. The minimum Gasteiger partial charge on any atom is -0.348 e. The van der Waals surface area contributed by atoms with Gasteiger partial charge in [-0.25, -0.2) is 5.73 Å². The Labute approximate surface area is 226 Å². The first-order chi connectivity index (χ1) is 17.1. The summed E-state index contributed by atoms with van der Waals surface area (Å²) < 4.78 is 39.7. The standard InChI is InChI=1S/C28H28Br2F3N2O/c1-2-3-4-5-18-6-8-19(9-7-18)17-35-27(36)21-14-24(29)23(25(30)15-21)16-26(34)20-10-12-22(13-11-20)28(31,32)33/h6-15,26,34H,2-5,16-17H2,1H3,(H,35,36). The van der Waals surface area contributed by atoms with E-state index in [0.29, 0.717) is 26.6 Å². The van der Waals surface area contributed by atoms with Crippen LogP contribution < -0.4 is 11.1 Å². The quantitative estimate of drug-likeness (QED) is 0.226. The summed E-state index contributed by atoms with van der Waals surface area (Å²) in [5, 5.41) is 2.94. The molecule has 0 aliphatic rings. The summed E-state index contributed by atoms with van der Waals surface area (Å²) >= 11 is 6.99. The first-order valence-corrected chi connectivity index (χ1v) is 13.4. The molecule has 0 spiro atoms. The molecule has 0 fully saturated rings. The molecule has 0 aliphatic heterocycles. The SMILES string of the molecule is CCCCCc1ccc(CNC(=O)c2cc(Br)c(CC([NH])c3ccc(C(F)(F)F)cc3)c(Br)c2)cc1. The van der Waals surface area contributed by atoms with Crippen molar-refractivity contribution < 1.29 is 18.0 Å². The normalized spacial score (nSPS) is 12.4. The van der Waals surface area contributed by atoms with Crippen molar-refractivity contribution in [2.24, 2.45) is 0 Å². The van der Waals surface area contributed by atoms with E-state index in [-0.39, 0.29) is 12.3 Å². The summed E-state index contributed by atoms with van der Waals surface area (Å²) in [5.74, 6) is -0.222. The molecule has 3 aromatic carbocycles. The number of alkyl halides is 3. The second-order valence-corrected chi connectivity index (χ2v) is 10.5. The molecule has 36 heavy (non-hydrogen) atoms. The van der Waals surface area contributed by atoms with E-state index in [4.69, 9.17) is 5.73 Å². The number of rotatable bonds is 10. The average molecular weight is 625 g/mol. The third kappa shape index (κ3) is 7.92. The van der Waals surface area contributed by atoms with Gasteiger partial charge in [-0.05, 0) is 65.8 Å². The van der Waals surface area contributed by atoms with E-state index < -0.39 is 17.8 Å². The molecule has 0 saturated carbocycles.